The Balaban J connectivity index is 1.84. The van der Waals surface area contributed by atoms with Crippen molar-refractivity contribution in [1.82, 2.24) is 9.29 Å². The molecule has 2 aromatic carbocycles. The standard InChI is InChI=1S/C26H26IN3O4S/c1-16-12-17(2)19(4)25(18(16)3)35(33,34)29(15-20-6-5-11-28-14-20)23-13-24(31)30(26(23)32)22-9-7-21(27)8-10-22/h5-12,14,23H,13,15H2,1-4H3. The van der Waals surface area contributed by atoms with E-state index >= 15 is 0 Å². The summed E-state index contributed by atoms with van der Waals surface area (Å²) in [5, 5.41) is 0. The predicted octanol–water partition coefficient (Wildman–Crippen LogP) is 4.44. The van der Waals surface area contributed by atoms with E-state index in [4.69, 9.17) is 0 Å². The predicted molar refractivity (Wildman–Crippen MR) is 142 cm³/mol. The molecule has 2 amide bonds. The molecule has 1 atom stereocenters. The number of benzene rings is 2. The Morgan fingerprint density at radius 3 is 2.23 bits per heavy atom. The number of amides is 2. The number of carbonyl (C=O) groups is 2. The average molecular weight is 603 g/mol. The average Bonchev–Trinajstić information content (AvgIpc) is 3.10. The van der Waals surface area contributed by atoms with Crippen LogP contribution >= 0.6 is 22.6 Å². The van der Waals surface area contributed by atoms with E-state index in [0.717, 1.165) is 19.6 Å². The third-order valence-electron chi connectivity index (χ3n) is 6.48. The second-order valence-electron chi connectivity index (χ2n) is 8.76. The number of hydrogen-bond acceptors (Lipinski definition) is 5. The van der Waals surface area contributed by atoms with Crippen LogP contribution in [0.3, 0.4) is 0 Å². The Morgan fingerprint density at radius 1 is 1.03 bits per heavy atom. The van der Waals surface area contributed by atoms with Crippen LogP contribution in [0, 0.1) is 31.3 Å². The summed E-state index contributed by atoms with van der Waals surface area (Å²) in [5.41, 5.74) is 4.03. The minimum Gasteiger partial charge on any atom is -0.274 e. The van der Waals surface area contributed by atoms with Crippen molar-refractivity contribution in [2.24, 2.45) is 0 Å². The number of sulfonamides is 1. The topological polar surface area (TPSA) is 87.7 Å². The normalized spacial score (nSPS) is 16.4. The van der Waals surface area contributed by atoms with Crippen molar-refractivity contribution in [1.29, 1.82) is 0 Å². The lowest BCUT2D eigenvalue weighted by atomic mass is 10.0. The van der Waals surface area contributed by atoms with Crippen molar-refractivity contribution in [3.8, 4) is 0 Å². The van der Waals surface area contributed by atoms with Crippen molar-refractivity contribution in [3.05, 3.63) is 86.2 Å². The van der Waals surface area contributed by atoms with Gasteiger partial charge in [0.05, 0.1) is 17.0 Å². The summed E-state index contributed by atoms with van der Waals surface area (Å²) in [5.74, 6) is -0.982. The van der Waals surface area contributed by atoms with Gasteiger partial charge in [-0.1, -0.05) is 12.1 Å². The van der Waals surface area contributed by atoms with E-state index in [-0.39, 0.29) is 17.9 Å². The molecular weight excluding hydrogens is 577 g/mol. The maximum Gasteiger partial charge on any atom is 0.252 e. The number of hydrogen-bond donors (Lipinski definition) is 0. The fourth-order valence-corrected chi connectivity index (χ4v) is 6.93. The van der Waals surface area contributed by atoms with Gasteiger partial charge in [0.15, 0.2) is 0 Å². The molecule has 3 aromatic rings. The zero-order chi connectivity index (χ0) is 25.5. The smallest absolute Gasteiger partial charge is 0.252 e. The lowest BCUT2D eigenvalue weighted by molar-refractivity contribution is -0.122. The van der Waals surface area contributed by atoms with Crippen LogP contribution in [0.25, 0.3) is 0 Å². The molecule has 35 heavy (non-hydrogen) atoms. The van der Waals surface area contributed by atoms with Crippen LogP contribution in [0.15, 0.2) is 59.8 Å². The van der Waals surface area contributed by atoms with Gasteiger partial charge in [-0.05, 0) is 108 Å². The zero-order valence-corrected chi connectivity index (χ0v) is 22.9. The van der Waals surface area contributed by atoms with Gasteiger partial charge in [-0.2, -0.15) is 4.31 Å². The first-order chi connectivity index (χ1) is 16.5. The van der Waals surface area contributed by atoms with Gasteiger partial charge in [-0.3, -0.25) is 14.6 Å². The zero-order valence-electron chi connectivity index (χ0n) is 19.9. The van der Waals surface area contributed by atoms with Gasteiger partial charge in [-0.15, -0.1) is 0 Å². The molecule has 1 unspecified atom stereocenters. The highest BCUT2D eigenvalue weighted by atomic mass is 127. The van der Waals surface area contributed by atoms with E-state index in [1.807, 2.05) is 19.9 Å². The number of anilines is 1. The number of rotatable bonds is 6. The van der Waals surface area contributed by atoms with Crippen molar-refractivity contribution < 1.29 is 18.0 Å². The van der Waals surface area contributed by atoms with E-state index in [1.165, 1.54) is 4.31 Å². The first-order valence-electron chi connectivity index (χ1n) is 11.1. The van der Waals surface area contributed by atoms with E-state index in [0.29, 0.717) is 22.4 Å². The van der Waals surface area contributed by atoms with Gasteiger partial charge in [-0.25, -0.2) is 13.3 Å². The van der Waals surface area contributed by atoms with E-state index < -0.39 is 27.9 Å². The summed E-state index contributed by atoms with van der Waals surface area (Å²) in [6.07, 6.45) is 2.94. The quantitative estimate of drug-likeness (QED) is 0.307. The van der Waals surface area contributed by atoms with Crippen molar-refractivity contribution in [2.45, 2.75) is 51.6 Å². The molecule has 0 spiro atoms. The van der Waals surface area contributed by atoms with Crippen LogP contribution in [0.4, 0.5) is 5.69 Å². The number of aryl methyl sites for hydroxylation is 2. The molecule has 0 aliphatic carbocycles. The summed E-state index contributed by atoms with van der Waals surface area (Å²) in [6.45, 7) is 7.21. The van der Waals surface area contributed by atoms with Crippen molar-refractivity contribution >= 4 is 50.1 Å². The van der Waals surface area contributed by atoms with Crippen LogP contribution in [0.5, 0.6) is 0 Å². The van der Waals surface area contributed by atoms with E-state index in [1.54, 1.807) is 62.6 Å². The molecule has 0 N–H and O–H groups in total. The second kappa shape index (κ2) is 9.79. The Kier molecular flexibility index (Phi) is 7.12. The molecule has 1 saturated heterocycles. The molecule has 1 fully saturated rings. The number of pyridine rings is 1. The van der Waals surface area contributed by atoms with Crippen molar-refractivity contribution in [3.63, 3.8) is 0 Å². The maximum atomic E-state index is 14.2. The molecule has 7 nitrogen and oxygen atoms in total. The van der Waals surface area contributed by atoms with Crippen molar-refractivity contribution in [2.75, 3.05) is 4.90 Å². The SMILES string of the molecule is Cc1cc(C)c(C)c(S(=O)(=O)N(Cc2cccnc2)C2CC(=O)N(c3ccc(I)cc3)C2=O)c1C. The fraction of sp³-hybridized carbons (Fsp3) is 0.269. The van der Waals surface area contributed by atoms with Crippen LogP contribution in [-0.4, -0.2) is 35.6 Å². The number of imide groups is 1. The molecular formula is C26H26IN3O4S. The Labute approximate surface area is 219 Å². The molecule has 9 heteroatoms. The third-order valence-corrected chi connectivity index (χ3v) is 9.33. The lowest BCUT2D eigenvalue weighted by Crippen LogP contribution is -2.45. The Bertz CT molecular complexity index is 1380. The first-order valence-corrected chi connectivity index (χ1v) is 13.6. The highest BCUT2D eigenvalue weighted by Gasteiger charge is 2.47. The monoisotopic (exact) mass is 603 g/mol. The lowest BCUT2D eigenvalue weighted by Gasteiger charge is -2.29. The molecule has 1 aliphatic heterocycles. The molecule has 4 rings (SSSR count). The number of carbonyl (C=O) groups excluding carboxylic acids is 2. The molecule has 182 valence electrons. The van der Waals surface area contributed by atoms with Crippen LogP contribution in [-0.2, 0) is 26.2 Å². The highest BCUT2D eigenvalue weighted by molar-refractivity contribution is 14.1. The van der Waals surface area contributed by atoms with Gasteiger partial charge < -0.3 is 0 Å². The Hall–Kier alpha value is -2.63. The molecule has 1 aliphatic rings. The summed E-state index contributed by atoms with van der Waals surface area (Å²) in [4.78, 5) is 32.0. The first kappa shape index (κ1) is 25.5. The summed E-state index contributed by atoms with van der Waals surface area (Å²) in [6, 6.07) is 11.3. The number of halogens is 1. The van der Waals surface area contributed by atoms with Gasteiger partial charge in [0, 0.05) is 22.5 Å². The maximum absolute atomic E-state index is 14.2. The largest absolute Gasteiger partial charge is 0.274 e. The van der Waals surface area contributed by atoms with Crippen LogP contribution in [0.1, 0.15) is 34.2 Å². The number of aromatic nitrogens is 1. The summed E-state index contributed by atoms with van der Waals surface area (Å²) < 4.78 is 30.6. The van der Waals surface area contributed by atoms with E-state index in [9.17, 15) is 18.0 Å². The van der Waals surface area contributed by atoms with Gasteiger partial charge in [0.2, 0.25) is 15.9 Å². The third kappa shape index (κ3) is 4.76. The molecule has 0 saturated carbocycles. The van der Waals surface area contributed by atoms with Gasteiger partial charge in [0.1, 0.15) is 6.04 Å². The molecule has 2 heterocycles. The summed E-state index contributed by atoms with van der Waals surface area (Å²) in [7, 11) is -4.15. The molecule has 0 radical (unpaired) electrons. The molecule has 1 aromatic heterocycles. The van der Waals surface area contributed by atoms with Gasteiger partial charge in [0.25, 0.3) is 5.91 Å². The van der Waals surface area contributed by atoms with Gasteiger partial charge >= 0.3 is 0 Å². The highest BCUT2D eigenvalue weighted by Crippen LogP contribution is 2.34. The van der Waals surface area contributed by atoms with E-state index in [2.05, 4.69) is 27.6 Å². The minimum atomic E-state index is -4.15. The minimum absolute atomic E-state index is 0.0771. The van der Waals surface area contributed by atoms with Crippen LogP contribution in [0.2, 0.25) is 0 Å². The Morgan fingerprint density at radius 2 is 1.66 bits per heavy atom. The summed E-state index contributed by atoms with van der Waals surface area (Å²) >= 11 is 2.14. The second-order valence-corrected chi connectivity index (χ2v) is 11.8. The number of nitrogens with zero attached hydrogens (tertiary/aromatic N) is 3. The molecule has 0 bridgehead atoms. The fourth-order valence-electron chi connectivity index (χ4n) is 4.42. The van der Waals surface area contributed by atoms with Crippen LogP contribution < -0.4 is 4.90 Å².